The molecular weight excluding hydrogens is 109 g/mol. The van der Waals surface area contributed by atoms with Crippen molar-refractivity contribution in [3.8, 4) is 0 Å². The largest absolute Gasteiger partial charge is 0.389 e. The summed E-state index contributed by atoms with van der Waals surface area (Å²) in [5, 5.41) is 0.538. The van der Waals surface area contributed by atoms with E-state index in [1.54, 1.807) is 0 Å². The highest BCUT2D eigenvalue weighted by atomic mass is 32.1. The minimum absolute atomic E-state index is 0.102. The molecular formula is C4H6N2S. The zero-order valence-corrected chi connectivity index (χ0v) is 4.33. The van der Waals surface area contributed by atoms with Crippen LogP contribution in [0.2, 0.25) is 0 Å². The minimum atomic E-state index is -2.11. The molecule has 0 saturated carbocycles. The summed E-state index contributed by atoms with van der Waals surface area (Å²) in [6.07, 6.45) is 1.35. The number of nitrogen functional groups attached to an aromatic ring is 1. The van der Waals surface area contributed by atoms with Crippen molar-refractivity contribution in [2.75, 3.05) is 5.73 Å². The van der Waals surface area contributed by atoms with Gasteiger partial charge in [-0.1, -0.05) is 0 Å². The Hall–Kier alpha value is -0.570. The van der Waals surface area contributed by atoms with Gasteiger partial charge in [-0.25, -0.2) is 4.98 Å². The molecule has 0 unspecified atom stereocenters. The molecule has 0 aliphatic carbocycles. The first-order valence-electron chi connectivity index (χ1n) is 3.22. The van der Waals surface area contributed by atoms with Gasteiger partial charge in [0.05, 0.1) is 11.2 Å². The summed E-state index contributed by atoms with van der Waals surface area (Å²) in [4.78, 5) is 3.62. The van der Waals surface area contributed by atoms with E-state index in [9.17, 15) is 0 Å². The van der Waals surface area contributed by atoms with E-state index in [-0.39, 0.29) is 5.01 Å². The third kappa shape index (κ3) is 0.899. The van der Waals surface area contributed by atoms with Crippen LogP contribution in [-0.2, 0) is 0 Å². The van der Waals surface area contributed by atoms with E-state index in [0.717, 1.165) is 11.3 Å². The summed E-state index contributed by atoms with van der Waals surface area (Å²) in [6.45, 7) is -2.11. The molecule has 7 heavy (non-hydrogen) atoms. The normalized spacial score (nSPS) is 17.4. The second-order valence-electron chi connectivity index (χ2n) is 1.07. The Kier molecular flexibility index (Phi) is 0.457. The predicted molar refractivity (Wildman–Crippen MR) is 31.3 cm³/mol. The number of thiazole rings is 1. The van der Waals surface area contributed by atoms with Crippen LogP contribution in [0.15, 0.2) is 6.20 Å². The van der Waals surface area contributed by atoms with Crippen molar-refractivity contribution in [3.63, 3.8) is 0 Å². The highest BCUT2D eigenvalue weighted by Gasteiger charge is 1.86. The Morgan fingerprint density at radius 2 is 3.00 bits per heavy atom. The van der Waals surface area contributed by atoms with E-state index in [0.29, 0.717) is 5.00 Å². The van der Waals surface area contributed by atoms with E-state index in [1.807, 2.05) is 0 Å². The van der Waals surface area contributed by atoms with Gasteiger partial charge in [-0.3, -0.25) is 0 Å². The average molecular weight is 118 g/mol. The summed E-state index contributed by atoms with van der Waals surface area (Å²) in [6, 6.07) is 0. The van der Waals surface area contributed by atoms with Crippen LogP contribution in [0.5, 0.6) is 0 Å². The second-order valence-corrected chi connectivity index (χ2v) is 2.13. The fourth-order valence-electron chi connectivity index (χ4n) is 0.287. The Bertz CT molecular complexity index is 229. The molecule has 3 heteroatoms. The third-order valence-electron chi connectivity index (χ3n) is 0.524. The molecule has 0 saturated heterocycles. The van der Waals surface area contributed by atoms with Gasteiger partial charge in [0.15, 0.2) is 0 Å². The summed E-state index contributed by atoms with van der Waals surface area (Å²) < 4.78 is 20.7. The van der Waals surface area contributed by atoms with Crippen molar-refractivity contribution >= 4 is 16.3 Å². The van der Waals surface area contributed by atoms with Gasteiger partial charge in [-0.05, 0) is 6.85 Å². The van der Waals surface area contributed by atoms with Crippen LogP contribution in [-0.4, -0.2) is 4.98 Å². The summed E-state index contributed by atoms with van der Waals surface area (Å²) in [5.74, 6) is 0. The first-order valence-corrected chi connectivity index (χ1v) is 2.53. The average Bonchev–Trinajstić information content (AvgIpc) is 2.11. The van der Waals surface area contributed by atoms with Gasteiger partial charge in [0.25, 0.3) is 0 Å². The van der Waals surface area contributed by atoms with Crippen molar-refractivity contribution < 1.29 is 4.11 Å². The fourth-order valence-corrected chi connectivity index (χ4v) is 0.721. The quantitative estimate of drug-likeness (QED) is 0.517. The first-order chi connectivity index (χ1) is 4.50. The molecule has 0 spiro atoms. The number of rotatable bonds is 0. The molecule has 0 fully saturated rings. The molecule has 0 aliphatic heterocycles. The zero-order valence-electron chi connectivity index (χ0n) is 6.51. The number of nitrogens with zero attached hydrogens (tertiary/aromatic N) is 1. The third-order valence-corrected chi connectivity index (χ3v) is 1.16. The SMILES string of the molecule is [2H][13C]([2H])([2H])c1ncc(N)s1. The number of hydrogen-bond donors (Lipinski definition) is 1. The van der Waals surface area contributed by atoms with Crippen LogP contribution in [0.1, 0.15) is 9.12 Å². The summed E-state index contributed by atoms with van der Waals surface area (Å²) in [5.41, 5.74) is 5.28. The lowest BCUT2D eigenvalue weighted by molar-refractivity contribution is 1.30. The van der Waals surface area contributed by atoms with Crippen molar-refractivity contribution in [3.05, 3.63) is 11.2 Å². The van der Waals surface area contributed by atoms with Crippen LogP contribution in [0, 0.1) is 6.85 Å². The second kappa shape index (κ2) is 1.50. The summed E-state index contributed by atoms with van der Waals surface area (Å²) in [7, 11) is 0. The smallest absolute Gasteiger partial charge is 0.106 e. The van der Waals surface area contributed by atoms with Gasteiger partial charge in [-0.15, -0.1) is 11.3 Å². The van der Waals surface area contributed by atoms with E-state index < -0.39 is 6.85 Å². The maximum absolute atomic E-state index is 6.91. The van der Waals surface area contributed by atoms with Gasteiger partial charge in [0, 0.05) is 4.11 Å². The molecule has 38 valence electrons. The molecule has 0 bridgehead atoms. The van der Waals surface area contributed by atoms with E-state index in [1.165, 1.54) is 6.20 Å². The van der Waals surface area contributed by atoms with E-state index in [4.69, 9.17) is 9.85 Å². The van der Waals surface area contributed by atoms with Gasteiger partial charge in [0.1, 0.15) is 5.00 Å². The lowest BCUT2D eigenvalue weighted by Gasteiger charge is -1.70. The van der Waals surface area contributed by atoms with Crippen LogP contribution < -0.4 is 5.73 Å². The maximum Gasteiger partial charge on any atom is 0.106 e. The zero-order chi connectivity index (χ0) is 7.78. The number of aryl methyl sites for hydroxylation is 1. The Morgan fingerprint density at radius 3 is 3.29 bits per heavy atom. The van der Waals surface area contributed by atoms with Crippen LogP contribution in [0.3, 0.4) is 0 Å². The van der Waals surface area contributed by atoms with Crippen LogP contribution in [0.25, 0.3) is 0 Å². The molecule has 1 aromatic heterocycles. The summed E-state index contributed by atoms with van der Waals surface area (Å²) >= 11 is 0.999. The van der Waals surface area contributed by atoms with Crippen molar-refractivity contribution in [1.82, 2.24) is 4.98 Å². The maximum atomic E-state index is 6.91. The molecule has 1 aromatic rings. The monoisotopic (exact) mass is 118 g/mol. The molecule has 0 amide bonds. The molecule has 0 aromatic carbocycles. The lowest BCUT2D eigenvalue weighted by Crippen LogP contribution is -1.73. The Labute approximate surface area is 50.2 Å². The van der Waals surface area contributed by atoms with Crippen molar-refractivity contribution in [2.24, 2.45) is 0 Å². The first kappa shape index (κ1) is 2.13. The van der Waals surface area contributed by atoms with Gasteiger partial charge in [-0.2, -0.15) is 0 Å². The van der Waals surface area contributed by atoms with Crippen LogP contribution in [0.4, 0.5) is 5.00 Å². The van der Waals surface area contributed by atoms with E-state index >= 15 is 0 Å². The topological polar surface area (TPSA) is 38.9 Å². The molecule has 2 nitrogen and oxygen atoms in total. The van der Waals surface area contributed by atoms with Gasteiger partial charge >= 0.3 is 0 Å². The van der Waals surface area contributed by atoms with E-state index in [2.05, 4.69) is 4.98 Å². The lowest BCUT2D eigenvalue weighted by atomic mass is 10.9. The predicted octanol–water partition coefficient (Wildman–Crippen LogP) is 1.03. The number of nitrogens with two attached hydrogens (primary N) is 1. The molecule has 1 heterocycles. The molecule has 2 N–H and O–H groups in total. The Morgan fingerprint density at radius 1 is 2.14 bits per heavy atom. The van der Waals surface area contributed by atoms with Gasteiger partial charge < -0.3 is 5.73 Å². The fraction of sp³-hybridized carbons (Fsp3) is 0.250. The molecule has 1 rings (SSSR count). The number of anilines is 1. The van der Waals surface area contributed by atoms with Crippen molar-refractivity contribution in [2.45, 2.75) is 6.85 Å². The number of hydrogen-bond acceptors (Lipinski definition) is 3. The minimum Gasteiger partial charge on any atom is -0.389 e. The van der Waals surface area contributed by atoms with Gasteiger partial charge in [0.2, 0.25) is 0 Å². The van der Waals surface area contributed by atoms with Crippen LogP contribution >= 0.6 is 11.3 Å². The molecule has 0 radical (unpaired) electrons. The Balaban J connectivity index is 2.96. The van der Waals surface area contributed by atoms with Crippen molar-refractivity contribution in [1.29, 1.82) is 0 Å². The molecule has 0 atom stereocenters. The number of aromatic nitrogens is 1. The highest BCUT2D eigenvalue weighted by Crippen LogP contribution is 2.11. The standard InChI is InChI=1S/C4H6N2S/c1-3-6-2-4(5)7-3/h2H,5H2,1H3/i1+1D3. The molecule has 0 aliphatic rings. The highest BCUT2D eigenvalue weighted by molar-refractivity contribution is 7.15.